The predicted molar refractivity (Wildman–Crippen MR) is 111 cm³/mol. The van der Waals surface area contributed by atoms with Crippen LogP contribution in [-0.2, 0) is 11.3 Å². The van der Waals surface area contributed by atoms with E-state index in [0.29, 0.717) is 41.1 Å². The molecule has 32 heavy (non-hydrogen) atoms. The highest BCUT2D eigenvalue weighted by molar-refractivity contribution is 5.77. The molecule has 10 heteroatoms. The third-order valence-electron chi connectivity index (χ3n) is 5.38. The van der Waals surface area contributed by atoms with Crippen molar-refractivity contribution in [2.45, 2.75) is 32.0 Å². The highest BCUT2D eigenvalue weighted by Gasteiger charge is 2.28. The van der Waals surface area contributed by atoms with Gasteiger partial charge in [0.1, 0.15) is 5.82 Å². The van der Waals surface area contributed by atoms with E-state index in [1.807, 2.05) is 0 Å². The number of aromatic nitrogens is 4. The lowest BCUT2D eigenvalue weighted by atomic mass is 10.0. The number of halogens is 4. The van der Waals surface area contributed by atoms with Gasteiger partial charge < -0.3 is 14.6 Å². The Morgan fingerprint density at radius 1 is 1.06 bits per heavy atom. The lowest BCUT2D eigenvalue weighted by molar-refractivity contribution is -0.136. The van der Waals surface area contributed by atoms with Crippen LogP contribution in [0.2, 0.25) is 0 Å². The highest BCUT2D eigenvalue weighted by Crippen LogP contribution is 2.32. The molecule has 6 nitrogen and oxygen atoms in total. The fraction of sp³-hybridized carbons (Fsp3) is 0.409. The number of ether oxygens (including phenoxy) is 1. The quantitative estimate of drug-likeness (QED) is 0.518. The Hall–Kier alpha value is -3.01. The fourth-order valence-corrected chi connectivity index (χ4v) is 3.65. The molecule has 1 N–H and O–H groups in total. The maximum Gasteiger partial charge on any atom is 0.390 e. The summed E-state index contributed by atoms with van der Waals surface area (Å²) in [6.07, 6.45) is -0.489. The van der Waals surface area contributed by atoms with E-state index in [0.717, 1.165) is 26.1 Å². The standard InChI is InChI=1S/C22H23F4N5O/c23-17-3-1-16(2-4-17)19-20(31(14-29-19)10-8-22(24,25)26)18-5-9-27-21(30-18)28-13-15-6-11-32-12-7-15/h1-5,9,14-15H,6-8,10-13H2,(H,27,28,30). The van der Waals surface area contributed by atoms with Gasteiger partial charge in [0, 0.05) is 38.1 Å². The topological polar surface area (TPSA) is 64.9 Å². The van der Waals surface area contributed by atoms with Gasteiger partial charge in [0.25, 0.3) is 0 Å². The molecule has 3 heterocycles. The molecule has 0 saturated carbocycles. The molecule has 1 aliphatic heterocycles. The van der Waals surface area contributed by atoms with E-state index in [-0.39, 0.29) is 6.54 Å². The SMILES string of the molecule is Fc1ccc(-c2ncn(CCC(F)(F)F)c2-c2ccnc(NCC3CCOCC3)n2)cc1. The Labute approximate surface area is 182 Å². The Kier molecular flexibility index (Phi) is 6.69. The van der Waals surface area contributed by atoms with E-state index in [1.165, 1.54) is 23.0 Å². The monoisotopic (exact) mass is 449 g/mol. The first-order valence-electron chi connectivity index (χ1n) is 10.4. The summed E-state index contributed by atoms with van der Waals surface area (Å²) in [5.41, 5.74) is 1.88. The van der Waals surface area contributed by atoms with Crippen molar-refractivity contribution in [2.75, 3.05) is 25.1 Å². The van der Waals surface area contributed by atoms with Crippen molar-refractivity contribution in [2.24, 2.45) is 5.92 Å². The number of hydrogen-bond acceptors (Lipinski definition) is 5. The summed E-state index contributed by atoms with van der Waals surface area (Å²) in [6, 6.07) is 7.29. The molecule has 0 bridgehead atoms. The summed E-state index contributed by atoms with van der Waals surface area (Å²) in [4.78, 5) is 13.1. The number of aryl methyl sites for hydroxylation is 1. The zero-order valence-corrected chi connectivity index (χ0v) is 17.3. The van der Waals surface area contributed by atoms with Gasteiger partial charge >= 0.3 is 6.18 Å². The Morgan fingerprint density at radius 3 is 2.53 bits per heavy atom. The van der Waals surface area contributed by atoms with Crippen molar-refractivity contribution in [1.82, 2.24) is 19.5 Å². The Morgan fingerprint density at radius 2 is 1.81 bits per heavy atom. The van der Waals surface area contributed by atoms with Gasteiger partial charge in [-0.15, -0.1) is 0 Å². The van der Waals surface area contributed by atoms with Crippen molar-refractivity contribution in [3.8, 4) is 22.6 Å². The molecule has 2 aromatic heterocycles. The molecule has 4 rings (SSSR count). The van der Waals surface area contributed by atoms with E-state index in [1.54, 1.807) is 24.4 Å². The maximum atomic E-state index is 13.4. The van der Waals surface area contributed by atoms with Gasteiger partial charge in [-0.05, 0) is 49.1 Å². The van der Waals surface area contributed by atoms with Crippen LogP contribution in [0.4, 0.5) is 23.5 Å². The van der Waals surface area contributed by atoms with E-state index in [9.17, 15) is 17.6 Å². The zero-order valence-electron chi connectivity index (χ0n) is 17.3. The minimum absolute atomic E-state index is 0.304. The highest BCUT2D eigenvalue weighted by atomic mass is 19.4. The van der Waals surface area contributed by atoms with Gasteiger partial charge in [-0.25, -0.2) is 19.3 Å². The minimum Gasteiger partial charge on any atom is -0.381 e. The number of nitrogens with zero attached hydrogens (tertiary/aromatic N) is 4. The second kappa shape index (κ2) is 9.64. The van der Waals surface area contributed by atoms with Crippen LogP contribution in [0.15, 0.2) is 42.9 Å². The zero-order chi connectivity index (χ0) is 22.6. The number of nitrogens with one attached hydrogen (secondary N) is 1. The number of imidazole rings is 1. The number of anilines is 1. The van der Waals surface area contributed by atoms with Crippen molar-refractivity contribution in [3.05, 3.63) is 48.7 Å². The molecular weight excluding hydrogens is 426 g/mol. The lowest BCUT2D eigenvalue weighted by Crippen LogP contribution is -2.23. The fourth-order valence-electron chi connectivity index (χ4n) is 3.65. The molecule has 0 atom stereocenters. The molecule has 170 valence electrons. The summed E-state index contributed by atoms with van der Waals surface area (Å²) >= 11 is 0. The second-order valence-corrected chi connectivity index (χ2v) is 7.71. The maximum absolute atomic E-state index is 13.4. The summed E-state index contributed by atoms with van der Waals surface area (Å²) < 4.78 is 58.8. The van der Waals surface area contributed by atoms with Crippen LogP contribution in [0.5, 0.6) is 0 Å². The molecule has 1 fully saturated rings. The van der Waals surface area contributed by atoms with Gasteiger partial charge in [0.15, 0.2) is 0 Å². The third kappa shape index (κ3) is 5.61. The van der Waals surface area contributed by atoms with E-state index >= 15 is 0 Å². The van der Waals surface area contributed by atoms with Crippen LogP contribution in [-0.4, -0.2) is 45.5 Å². The van der Waals surface area contributed by atoms with Gasteiger partial charge in [-0.2, -0.15) is 13.2 Å². The van der Waals surface area contributed by atoms with E-state index in [4.69, 9.17) is 4.74 Å². The van der Waals surface area contributed by atoms with Crippen LogP contribution < -0.4 is 5.32 Å². The number of alkyl halides is 3. The van der Waals surface area contributed by atoms with Gasteiger partial charge in [-0.3, -0.25) is 0 Å². The Balaban J connectivity index is 1.64. The molecule has 1 aliphatic rings. The van der Waals surface area contributed by atoms with Crippen molar-refractivity contribution < 1.29 is 22.3 Å². The van der Waals surface area contributed by atoms with E-state index < -0.39 is 18.4 Å². The number of rotatable bonds is 7. The average molecular weight is 449 g/mol. The molecule has 0 amide bonds. The second-order valence-electron chi connectivity index (χ2n) is 7.71. The predicted octanol–water partition coefficient (Wildman–Crippen LogP) is 4.94. The normalized spacial score (nSPS) is 15.1. The first-order chi connectivity index (χ1) is 15.4. The first kappa shape index (κ1) is 22.2. The largest absolute Gasteiger partial charge is 0.390 e. The minimum atomic E-state index is -4.31. The van der Waals surface area contributed by atoms with Crippen LogP contribution in [0, 0.1) is 11.7 Å². The average Bonchev–Trinajstić information content (AvgIpc) is 3.21. The molecule has 0 spiro atoms. The lowest BCUT2D eigenvalue weighted by Gasteiger charge is -2.22. The van der Waals surface area contributed by atoms with E-state index in [2.05, 4.69) is 20.3 Å². The number of benzene rings is 1. The summed E-state index contributed by atoms with van der Waals surface area (Å²) in [5, 5.41) is 3.22. The van der Waals surface area contributed by atoms with Crippen molar-refractivity contribution in [1.29, 1.82) is 0 Å². The molecule has 0 radical (unpaired) electrons. The molecule has 1 aromatic carbocycles. The van der Waals surface area contributed by atoms with Gasteiger partial charge in [-0.1, -0.05) is 0 Å². The smallest absolute Gasteiger partial charge is 0.381 e. The van der Waals surface area contributed by atoms with Crippen LogP contribution in [0.1, 0.15) is 19.3 Å². The molecule has 0 aliphatic carbocycles. The summed E-state index contributed by atoms with van der Waals surface area (Å²) in [5.74, 6) is 0.430. The molecule has 1 saturated heterocycles. The molecular formula is C22H23F4N5O. The summed E-state index contributed by atoms with van der Waals surface area (Å²) in [6.45, 7) is 1.84. The first-order valence-corrected chi connectivity index (χ1v) is 10.4. The van der Waals surface area contributed by atoms with Crippen LogP contribution in [0.3, 0.4) is 0 Å². The molecule has 0 unspecified atom stereocenters. The van der Waals surface area contributed by atoms with Gasteiger partial charge in [0.05, 0.1) is 29.8 Å². The van der Waals surface area contributed by atoms with Crippen LogP contribution in [0.25, 0.3) is 22.6 Å². The van der Waals surface area contributed by atoms with Crippen LogP contribution >= 0.6 is 0 Å². The Bertz CT molecular complexity index is 1030. The third-order valence-corrected chi connectivity index (χ3v) is 5.38. The van der Waals surface area contributed by atoms with Crippen molar-refractivity contribution >= 4 is 5.95 Å². The number of hydrogen-bond donors (Lipinski definition) is 1. The van der Waals surface area contributed by atoms with Gasteiger partial charge in [0.2, 0.25) is 5.95 Å². The molecule has 3 aromatic rings. The summed E-state index contributed by atoms with van der Waals surface area (Å²) in [7, 11) is 0. The van der Waals surface area contributed by atoms with Crippen molar-refractivity contribution in [3.63, 3.8) is 0 Å².